The molecular formula is C36H46FN3O2Si. The van der Waals surface area contributed by atoms with Crippen molar-refractivity contribution in [3.8, 4) is 0 Å². The summed E-state index contributed by atoms with van der Waals surface area (Å²) in [7, 11) is -2.88. The minimum absolute atomic E-state index is 0.0124. The van der Waals surface area contributed by atoms with E-state index in [1.807, 2.05) is 16.8 Å². The van der Waals surface area contributed by atoms with Gasteiger partial charge in [0.1, 0.15) is 5.67 Å². The Labute approximate surface area is 256 Å². The number of hydrogen-bond donors (Lipinski definition) is 1. The van der Waals surface area contributed by atoms with Crippen molar-refractivity contribution in [1.29, 1.82) is 0 Å². The Morgan fingerprint density at radius 3 is 2.26 bits per heavy atom. The highest BCUT2D eigenvalue weighted by Gasteiger charge is 2.51. The van der Waals surface area contributed by atoms with Crippen molar-refractivity contribution in [2.75, 3.05) is 13.2 Å². The van der Waals surface area contributed by atoms with Crippen molar-refractivity contribution < 1.29 is 13.6 Å². The maximum Gasteiger partial charge on any atom is 0.261 e. The van der Waals surface area contributed by atoms with Gasteiger partial charge in [-0.25, -0.2) is 9.07 Å². The van der Waals surface area contributed by atoms with Crippen LogP contribution in [-0.4, -0.2) is 43.0 Å². The number of alkyl halides is 1. The predicted molar refractivity (Wildman–Crippen MR) is 175 cm³/mol. The third-order valence-electron chi connectivity index (χ3n) is 9.27. The molecule has 3 unspecified atom stereocenters. The van der Waals surface area contributed by atoms with Crippen LogP contribution < -0.4 is 15.7 Å². The minimum Gasteiger partial charge on any atom is -0.404 e. The van der Waals surface area contributed by atoms with Gasteiger partial charge in [0, 0.05) is 31.0 Å². The molecule has 7 heteroatoms. The zero-order valence-corrected chi connectivity index (χ0v) is 27.3. The molecule has 0 spiro atoms. The van der Waals surface area contributed by atoms with Gasteiger partial charge in [-0.3, -0.25) is 0 Å². The molecule has 2 aliphatic heterocycles. The first-order valence-electron chi connectivity index (χ1n) is 15.9. The maximum absolute atomic E-state index is 17.0. The van der Waals surface area contributed by atoms with Gasteiger partial charge in [-0.1, -0.05) is 87.5 Å². The Morgan fingerprint density at radius 2 is 1.65 bits per heavy atom. The van der Waals surface area contributed by atoms with Crippen LogP contribution in [0.15, 0.2) is 72.8 Å². The Morgan fingerprint density at radius 1 is 0.977 bits per heavy atom. The van der Waals surface area contributed by atoms with E-state index in [1.54, 1.807) is 6.92 Å². The fourth-order valence-electron chi connectivity index (χ4n) is 7.17. The summed E-state index contributed by atoms with van der Waals surface area (Å²) >= 11 is 0. The van der Waals surface area contributed by atoms with Gasteiger partial charge in [-0.2, -0.15) is 5.10 Å². The first-order chi connectivity index (χ1) is 20.6. The van der Waals surface area contributed by atoms with Gasteiger partial charge in [-0.05, 0) is 72.1 Å². The van der Waals surface area contributed by atoms with Crippen LogP contribution in [-0.2, 0) is 28.5 Å². The quantitative estimate of drug-likeness (QED) is 0.232. The number of fused-ring (bicyclic) bond motifs is 3. The zero-order valence-electron chi connectivity index (χ0n) is 26.3. The first-order valence-corrected chi connectivity index (χ1v) is 17.8. The van der Waals surface area contributed by atoms with Crippen LogP contribution >= 0.6 is 0 Å². The van der Waals surface area contributed by atoms with Gasteiger partial charge in [0.2, 0.25) is 0 Å². The second-order valence-electron chi connectivity index (χ2n) is 13.8. The van der Waals surface area contributed by atoms with Gasteiger partial charge >= 0.3 is 0 Å². The maximum atomic E-state index is 17.0. The lowest BCUT2D eigenvalue weighted by molar-refractivity contribution is -0.0370. The molecule has 0 radical (unpaired) electrons. The molecule has 1 fully saturated rings. The van der Waals surface area contributed by atoms with Crippen LogP contribution in [0.4, 0.5) is 4.39 Å². The number of aromatic nitrogens is 2. The molecule has 5 nitrogen and oxygen atoms in total. The Balaban J connectivity index is 1.39. The number of halogens is 1. The first kappa shape index (κ1) is 30.2. The normalized spacial score (nSPS) is 21.0. The highest BCUT2D eigenvalue weighted by atomic mass is 28.4. The van der Waals surface area contributed by atoms with Crippen LogP contribution in [0.2, 0.25) is 5.04 Å². The molecule has 228 valence electrons. The lowest BCUT2D eigenvalue weighted by Gasteiger charge is -2.44. The largest absolute Gasteiger partial charge is 0.404 e. The Kier molecular flexibility index (Phi) is 8.37. The molecule has 0 amide bonds. The van der Waals surface area contributed by atoms with E-state index in [9.17, 15) is 0 Å². The van der Waals surface area contributed by atoms with Gasteiger partial charge in [-0.15, -0.1) is 0 Å². The van der Waals surface area contributed by atoms with E-state index < -0.39 is 14.0 Å². The number of nitrogens with one attached hydrogen (secondary N) is 1. The van der Waals surface area contributed by atoms with Gasteiger partial charge in [0.25, 0.3) is 8.32 Å². The molecule has 1 saturated heterocycles. The van der Waals surface area contributed by atoms with Crippen molar-refractivity contribution >= 4 is 29.6 Å². The van der Waals surface area contributed by atoms with Gasteiger partial charge in [0.15, 0.2) is 6.23 Å². The highest BCUT2D eigenvalue weighted by molar-refractivity contribution is 6.99. The van der Waals surface area contributed by atoms with E-state index >= 15 is 4.39 Å². The molecule has 0 aliphatic carbocycles. The predicted octanol–water partition coefficient (Wildman–Crippen LogP) is 6.62. The molecule has 2 aliphatic rings. The fraction of sp³-hybridized carbons (Fsp3) is 0.472. The summed E-state index contributed by atoms with van der Waals surface area (Å²) in [6.45, 7) is 12.1. The number of hydrogen-bond acceptors (Lipinski definition) is 4. The molecule has 0 saturated carbocycles. The smallest absolute Gasteiger partial charge is 0.261 e. The number of ether oxygens (including phenoxy) is 1. The molecular weight excluding hydrogens is 553 g/mol. The average molecular weight is 600 g/mol. The van der Waals surface area contributed by atoms with Gasteiger partial charge < -0.3 is 14.5 Å². The number of rotatable bonds is 8. The van der Waals surface area contributed by atoms with Crippen LogP contribution in [0.1, 0.15) is 76.9 Å². The van der Waals surface area contributed by atoms with E-state index in [1.165, 1.54) is 11.1 Å². The van der Waals surface area contributed by atoms with E-state index in [-0.39, 0.29) is 24.3 Å². The van der Waals surface area contributed by atoms with E-state index in [4.69, 9.17) is 14.3 Å². The summed E-state index contributed by atoms with van der Waals surface area (Å²) in [6, 6.07) is 25.7. The number of nitrogens with zero attached hydrogens (tertiary/aromatic N) is 2. The van der Waals surface area contributed by atoms with Crippen LogP contribution in [0.5, 0.6) is 0 Å². The third kappa shape index (κ3) is 5.85. The van der Waals surface area contributed by atoms with Crippen molar-refractivity contribution in [3.05, 3.63) is 89.6 Å². The summed E-state index contributed by atoms with van der Waals surface area (Å²) in [4.78, 5) is 0. The Hall–Kier alpha value is -2.84. The van der Waals surface area contributed by atoms with E-state index in [0.29, 0.717) is 6.04 Å². The summed E-state index contributed by atoms with van der Waals surface area (Å²) in [6.07, 6.45) is 4.08. The molecule has 4 aromatic rings. The summed E-state index contributed by atoms with van der Waals surface area (Å²) in [5.74, 6) is 0. The molecule has 43 heavy (non-hydrogen) atoms. The van der Waals surface area contributed by atoms with E-state index in [2.05, 4.69) is 93.7 Å². The summed E-state index contributed by atoms with van der Waals surface area (Å²) in [5.41, 5.74) is 2.81. The second kappa shape index (κ2) is 11.9. The van der Waals surface area contributed by atoms with Crippen LogP contribution in [0.3, 0.4) is 0 Å². The molecule has 0 bridgehead atoms. The molecule has 1 aromatic heterocycles. The van der Waals surface area contributed by atoms with Gasteiger partial charge in [0.05, 0.1) is 17.8 Å². The molecule has 3 heterocycles. The topological polar surface area (TPSA) is 48.3 Å². The second-order valence-corrected chi connectivity index (χ2v) is 18.1. The molecule has 6 rings (SSSR count). The molecule has 1 N–H and O–H groups in total. The van der Waals surface area contributed by atoms with Crippen molar-refractivity contribution in [1.82, 2.24) is 15.1 Å². The average Bonchev–Trinajstić information content (AvgIpc) is 3.36. The standard InChI is InChI=1S/C36H46FN3O2Si/c1-26-22-30-27(24-38-26)19-20-32-34(30)31(39-40(32)33-18-12-13-21-41-33)23-36(5,37)25-42-43(35(2,3)4,28-14-8-6-9-15-28)29-16-10-7-11-17-29/h6-11,14-17,19-20,26,33,38H,12-13,18,21-25H2,1-5H3. The highest BCUT2D eigenvalue weighted by Crippen LogP contribution is 2.39. The number of benzene rings is 3. The van der Waals surface area contributed by atoms with Crippen molar-refractivity contribution in [2.45, 2.75) is 96.2 Å². The van der Waals surface area contributed by atoms with Crippen LogP contribution in [0, 0.1) is 0 Å². The fourth-order valence-corrected chi connectivity index (χ4v) is 11.8. The third-order valence-corrected chi connectivity index (χ3v) is 14.3. The molecule has 3 aromatic carbocycles. The SMILES string of the molecule is CC1Cc2c(ccc3c2c(CC(C)(F)CO[Si](c2ccccc2)(c2ccccc2)C(C)(C)C)nn3C2CCCCO2)CN1. The van der Waals surface area contributed by atoms with E-state index in [0.717, 1.165) is 65.8 Å². The zero-order chi connectivity index (χ0) is 30.2. The lowest BCUT2D eigenvalue weighted by atomic mass is 9.90. The Bertz CT molecular complexity index is 1500. The van der Waals surface area contributed by atoms with Crippen molar-refractivity contribution in [3.63, 3.8) is 0 Å². The molecule has 3 atom stereocenters. The summed E-state index contributed by atoms with van der Waals surface area (Å²) in [5, 5.41) is 11.9. The minimum atomic E-state index is -2.88. The summed E-state index contributed by atoms with van der Waals surface area (Å²) < 4.78 is 32.3. The monoisotopic (exact) mass is 599 g/mol. The lowest BCUT2D eigenvalue weighted by Crippen LogP contribution is -2.67. The van der Waals surface area contributed by atoms with Crippen LogP contribution in [0.25, 0.3) is 10.9 Å². The van der Waals surface area contributed by atoms with Crippen molar-refractivity contribution in [2.24, 2.45) is 0 Å².